The fraction of sp³-hybridized carbons (Fsp3) is 0.122. The van der Waals surface area contributed by atoms with Gasteiger partial charge in [-0.3, -0.25) is 14.4 Å². The molecule has 1 atom stereocenters. The molecule has 9 heteroatoms. The molecule has 1 aromatic heterocycles. The predicted octanol–water partition coefficient (Wildman–Crippen LogP) is 9.15. The van der Waals surface area contributed by atoms with E-state index in [1.807, 2.05) is 97.9 Å². The molecule has 6 rings (SSSR count). The molecule has 0 aliphatic rings. The zero-order valence-electron chi connectivity index (χ0n) is 27.8. The maximum atomic E-state index is 13.6. The quantitative estimate of drug-likeness (QED) is 0.0929. The number of rotatable bonds is 11. The number of aromatic nitrogens is 1. The van der Waals surface area contributed by atoms with Crippen LogP contribution in [0.5, 0.6) is 0 Å². The standard InChI is InChI=1S/C41H36N4O4S/c1-26(2)29-18-16-28(17-19-29)24-36(44-39(47)30-10-5-4-6-11-30)40(48)43-33-12-9-13-34(25-33)50-27(3)38(46)42-32-22-20-31(21-23-32)41-45-35-14-7-8-15-37(35)49-41/h4-27H,1-3H3,(H,42,46)(H,43,48)(H,44,47)/b36-24+. The Morgan fingerprint density at radius 3 is 2.18 bits per heavy atom. The van der Waals surface area contributed by atoms with Gasteiger partial charge in [0.05, 0.1) is 5.25 Å². The molecule has 0 bridgehead atoms. The molecule has 5 aromatic carbocycles. The second-order valence-corrected chi connectivity index (χ2v) is 13.4. The van der Waals surface area contributed by atoms with Crippen LogP contribution in [0.25, 0.3) is 28.6 Å². The number of oxazole rings is 1. The molecule has 0 fully saturated rings. The Morgan fingerprint density at radius 2 is 1.46 bits per heavy atom. The second-order valence-electron chi connectivity index (χ2n) is 12.0. The number of para-hydroxylation sites is 2. The molecule has 0 saturated heterocycles. The van der Waals surface area contributed by atoms with Gasteiger partial charge >= 0.3 is 0 Å². The van der Waals surface area contributed by atoms with E-state index >= 15 is 0 Å². The second kappa shape index (κ2) is 15.5. The molecule has 0 radical (unpaired) electrons. The van der Waals surface area contributed by atoms with E-state index in [9.17, 15) is 14.4 Å². The molecular weight excluding hydrogens is 645 g/mol. The van der Waals surface area contributed by atoms with Crippen LogP contribution in [0.2, 0.25) is 0 Å². The van der Waals surface area contributed by atoms with E-state index in [0.29, 0.717) is 34.3 Å². The lowest BCUT2D eigenvalue weighted by Crippen LogP contribution is -2.30. The summed E-state index contributed by atoms with van der Waals surface area (Å²) in [6.45, 7) is 6.05. The Labute approximate surface area is 295 Å². The van der Waals surface area contributed by atoms with E-state index in [0.717, 1.165) is 21.5 Å². The lowest BCUT2D eigenvalue weighted by atomic mass is 10.0. The van der Waals surface area contributed by atoms with Crippen molar-refractivity contribution in [1.82, 2.24) is 10.3 Å². The molecule has 1 unspecified atom stereocenters. The van der Waals surface area contributed by atoms with Crippen molar-refractivity contribution in [3.05, 3.63) is 150 Å². The van der Waals surface area contributed by atoms with Crippen molar-refractivity contribution in [2.75, 3.05) is 10.6 Å². The molecule has 50 heavy (non-hydrogen) atoms. The number of nitrogens with one attached hydrogen (secondary N) is 3. The molecule has 8 nitrogen and oxygen atoms in total. The lowest BCUT2D eigenvalue weighted by molar-refractivity contribution is -0.115. The zero-order chi connectivity index (χ0) is 35.0. The van der Waals surface area contributed by atoms with Crippen molar-refractivity contribution in [3.8, 4) is 11.5 Å². The smallest absolute Gasteiger partial charge is 0.272 e. The fourth-order valence-corrected chi connectivity index (χ4v) is 6.05. The van der Waals surface area contributed by atoms with Crippen LogP contribution in [0.15, 0.2) is 142 Å². The van der Waals surface area contributed by atoms with Gasteiger partial charge in [-0.25, -0.2) is 4.98 Å². The molecule has 6 aromatic rings. The largest absolute Gasteiger partial charge is 0.436 e. The summed E-state index contributed by atoms with van der Waals surface area (Å²) in [6.07, 6.45) is 1.66. The first-order valence-corrected chi connectivity index (χ1v) is 17.1. The monoisotopic (exact) mass is 680 g/mol. The number of anilines is 2. The predicted molar refractivity (Wildman–Crippen MR) is 201 cm³/mol. The van der Waals surface area contributed by atoms with E-state index in [1.165, 1.54) is 17.3 Å². The lowest BCUT2D eigenvalue weighted by Gasteiger charge is -2.14. The number of thioether (sulfide) groups is 1. The Balaban J connectivity index is 1.11. The summed E-state index contributed by atoms with van der Waals surface area (Å²) in [5.74, 6) is -0.156. The van der Waals surface area contributed by atoms with Crippen molar-refractivity contribution in [2.45, 2.75) is 36.8 Å². The van der Waals surface area contributed by atoms with Crippen LogP contribution < -0.4 is 16.0 Å². The van der Waals surface area contributed by atoms with E-state index in [-0.39, 0.29) is 11.6 Å². The number of hydrogen-bond acceptors (Lipinski definition) is 6. The van der Waals surface area contributed by atoms with Gasteiger partial charge in [0, 0.05) is 27.4 Å². The normalized spacial score (nSPS) is 12.0. The molecule has 250 valence electrons. The first-order valence-electron chi connectivity index (χ1n) is 16.2. The van der Waals surface area contributed by atoms with E-state index in [2.05, 4.69) is 34.8 Å². The van der Waals surface area contributed by atoms with Crippen molar-refractivity contribution < 1.29 is 18.8 Å². The maximum Gasteiger partial charge on any atom is 0.272 e. The van der Waals surface area contributed by atoms with Crippen LogP contribution >= 0.6 is 11.8 Å². The minimum Gasteiger partial charge on any atom is -0.436 e. The number of carbonyl (C=O) groups is 3. The van der Waals surface area contributed by atoms with Crippen LogP contribution in [0.1, 0.15) is 48.2 Å². The summed E-state index contributed by atoms with van der Waals surface area (Å²) in [4.78, 5) is 45.1. The number of nitrogens with zero attached hydrogens (tertiary/aromatic N) is 1. The Bertz CT molecular complexity index is 2120. The van der Waals surface area contributed by atoms with Gasteiger partial charge in [-0.15, -0.1) is 11.8 Å². The number of fused-ring (bicyclic) bond motifs is 1. The Kier molecular flexibility index (Phi) is 10.5. The average Bonchev–Trinajstić information content (AvgIpc) is 3.57. The highest BCUT2D eigenvalue weighted by atomic mass is 32.2. The summed E-state index contributed by atoms with van der Waals surface area (Å²) >= 11 is 1.36. The van der Waals surface area contributed by atoms with Crippen molar-refractivity contribution >= 4 is 58.0 Å². The van der Waals surface area contributed by atoms with Crippen molar-refractivity contribution in [3.63, 3.8) is 0 Å². The van der Waals surface area contributed by atoms with Crippen LogP contribution in [0.4, 0.5) is 11.4 Å². The van der Waals surface area contributed by atoms with E-state index in [4.69, 9.17) is 4.42 Å². The topological polar surface area (TPSA) is 113 Å². The first-order chi connectivity index (χ1) is 24.2. The van der Waals surface area contributed by atoms with Gasteiger partial charge in [0.15, 0.2) is 5.58 Å². The zero-order valence-corrected chi connectivity index (χ0v) is 28.7. The minimum absolute atomic E-state index is 0.101. The summed E-state index contributed by atoms with van der Waals surface area (Å²) < 4.78 is 5.85. The van der Waals surface area contributed by atoms with Crippen molar-refractivity contribution in [2.24, 2.45) is 0 Å². The maximum absolute atomic E-state index is 13.6. The van der Waals surface area contributed by atoms with Gasteiger partial charge in [-0.05, 0) is 96.8 Å². The molecule has 0 aliphatic carbocycles. The van der Waals surface area contributed by atoms with E-state index in [1.54, 1.807) is 42.5 Å². The highest BCUT2D eigenvalue weighted by Gasteiger charge is 2.18. The molecule has 0 spiro atoms. The number of amides is 3. The van der Waals surface area contributed by atoms with Crippen molar-refractivity contribution in [1.29, 1.82) is 0 Å². The molecule has 1 heterocycles. The van der Waals surface area contributed by atoms with Crippen LogP contribution in [0.3, 0.4) is 0 Å². The average molecular weight is 681 g/mol. The Hall–Kier alpha value is -5.93. The van der Waals surface area contributed by atoms with Crippen LogP contribution in [0, 0.1) is 0 Å². The molecule has 0 saturated carbocycles. The third kappa shape index (κ3) is 8.56. The molecule has 3 amide bonds. The first kappa shape index (κ1) is 34.0. The summed E-state index contributed by atoms with van der Waals surface area (Å²) in [5, 5.41) is 8.22. The SMILES string of the molecule is CC(Sc1cccc(NC(=O)/C(=C\c2ccc(C(C)C)cc2)NC(=O)c2ccccc2)c1)C(=O)Nc1ccc(-c2nc3ccccc3o2)cc1. The van der Waals surface area contributed by atoms with Gasteiger partial charge in [0.1, 0.15) is 11.2 Å². The number of carbonyl (C=O) groups excluding carboxylic acids is 3. The minimum atomic E-state index is -0.476. The number of hydrogen-bond donors (Lipinski definition) is 3. The summed E-state index contributed by atoms with van der Waals surface area (Å²) in [5.41, 5.74) is 5.97. The third-order valence-electron chi connectivity index (χ3n) is 7.91. The Morgan fingerprint density at radius 1 is 0.740 bits per heavy atom. The fourth-order valence-electron chi connectivity index (χ4n) is 5.13. The molecule has 3 N–H and O–H groups in total. The molecular formula is C41H36N4O4S. The van der Waals surface area contributed by atoms with Gasteiger partial charge in [0.2, 0.25) is 11.8 Å². The number of benzene rings is 5. The summed E-state index contributed by atoms with van der Waals surface area (Å²) in [7, 11) is 0. The van der Waals surface area contributed by atoms with Gasteiger partial charge < -0.3 is 20.4 Å². The highest BCUT2D eigenvalue weighted by Crippen LogP contribution is 2.28. The van der Waals surface area contributed by atoms with E-state index < -0.39 is 17.1 Å². The molecule has 0 aliphatic heterocycles. The summed E-state index contributed by atoms with van der Waals surface area (Å²) in [6, 6.07) is 38.8. The third-order valence-corrected chi connectivity index (χ3v) is 9.00. The highest BCUT2D eigenvalue weighted by molar-refractivity contribution is 8.00. The van der Waals surface area contributed by atoms with Gasteiger partial charge in [-0.2, -0.15) is 0 Å². The van der Waals surface area contributed by atoms with Crippen LogP contribution in [-0.2, 0) is 9.59 Å². The van der Waals surface area contributed by atoms with Crippen LogP contribution in [-0.4, -0.2) is 28.0 Å². The van der Waals surface area contributed by atoms with Gasteiger partial charge in [-0.1, -0.05) is 74.5 Å². The van der Waals surface area contributed by atoms with Gasteiger partial charge in [0.25, 0.3) is 11.8 Å².